The molecule has 2 aromatic rings. The molecular formula is C21H28N4. The number of rotatable bonds is 4. The number of nitrogens with one attached hydrogen (secondary N) is 1. The van der Waals surface area contributed by atoms with E-state index in [0.29, 0.717) is 11.4 Å². The summed E-state index contributed by atoms with van der Waals surface area (Å²) in [6.45, 7) is 5.70. The Kier molecular flexibility index (Phi) is 4.55. The molecule has 4 rings (SSSR count). The van der Waals surface area contributed by atoms with Crippen molar-refractivity contribution in [1.82, 2.24) is 20.3 Å². The van der Waals surface area contributed by atoms with Gasteiger partial charge in [0.1, 0.15) is 5.69 Å². The summed E-state index contributed by atoms with van der Waals surface area (Å²) in [4.78, 5) is 13.3. The maximum atomic E-state index is 4.51. The standard InChI is InChI=1S/C21H28N4/c1-15-7-17-8-16(2)10-21(9-15,11-17)25-14-18-12-23-20(24-13-18)19-5-3-4-6-22-19/h3-6,12-13,15-17,25H,7-11,14H2,1-2H3. The normalized spacial score (nSPS) is 31.7. The third-order valence-corrected chi connectivity index (χ3v) is 5.90. The first-order valence-electron chi connectivity index (χ1n) is 9.59. The molecule has 2 aliphatic rings. The molecule has 25 heavy (non-hydrogen) atoms. The topological polar surface area (TPSA) is 50.7 Å². The molecule has 2 fully saturated rings. The van der Waals surface area contributed by atoms with Gasteiger partial charge < -0.3 is 5.32 Å². The Labute approximate surface area is 150 Å². The largest absolute Gasteiger partial charge is 0.307 e. The molecule has 0 saturated heterocycles. The molecule has 0 spiro atoms. The second-order valence-corrected chi connectivity index (χ2v) is 8.42. The Hall–Kier alpha value is -1.81. The van der Waals surface area contributed by atoms with Crippen LogP contribution in [0.4, 0.5) is 0 Å². The summed E-state index contributed by atoms with van der Waals surface area (Å²) in [6, 6.07) is 5.81. The maximum absolute atomic E-state index is 4.51. The Balaban J connectivity index is 1.44. The number of fused-ring (bicyclic) bond motifs is 2. The van der Waals surface area contributed by atoms with Gasteiger partial charge in [0.15, 0.2) is 5.82 Å². The fraction of sp³-hybridized carbons (Fsp3) is 0.571. The van der Waals surface area contributed by atoms with E-state index >= 15 is 0 Å². The van der Waals surface area contributed by atoms with E-state index in [1.165, 1.54) is 32.1 Å². The highest BCUT2D eigenvalue weighted by molar-refractivity contribution is 5.47. The van der Waals surface area contributed by atoms with Crippen LogP contribution in [-0.4, -0.2) is 20.5 Å². The Morgan fingerprint density at radius 2 is 1.72 bits per heavy atom. The molecule has 4 nitrogen and oxygen atoms in total. The number of nitrogens with zero attached hydrogens (tertiary/aromatic N) is 3. The first-order valence-corrected chi connectivity index (χ1v) is 9.59. The number of aromatic nitrogens is 3. The van der Waals surface area contributed by atoms with Gasteiger partial charge in [0.2, 0.25) is 0 Å². The van der Waals surface area contributed by atoms with E-state index in [1.54, 1.807) is 6.20 Å². The van der Waals surface area contributed by atoms with Gasteiger partial charge in [0.05, 0.1) is 0 Å². The molecule has 0 amide bonds. The Morgan fingerprint density at radius 1 is 1.00 bits per heavy atom. The summed E-state index contributed by atoms with van der Waals surface area (Å²) in [5.41, 5.74) is 2.30. The van der Waals surface area contributed by atoms with Gasteiger partial charge in [-0.1, -0.05) is 19.9 Å². The molecule has 1 N–H and O–H groups in total. The Morgan fingerprint density at radius 3 is 2.36 bits per heavy atom. The van der Waals surface area contributed by atoms with Crippen LogP contribution in [0.2, 0.25) is 0 Å². The van der Waals surface area contributed by atoms with Crippen LogP contribution in [0.3, 0.4) is 0 Å². The second kappa shape index (κ2) is 6.83. The van der Waals surface area contributed by atoms with Crippen LogP contribution in [0, 0.1) is 17.8 Å². The summed E-state index contributed by atoms with van der Waals surface area (Å²) >= 11 is 0. The quantitative estimate of drug-likeness (QED) is 0.907. The van der Waals surface area contributed by atoms with E-state index in [0.717, 1.165) is 35.6 Å². The van der Waals surface area contributed by atoms with E-state index in [2.05, 4.69) is 34.1 Å². The molecule has 2 unspecified atom stereocenters. The molecule has 0 radical (unpaired) electrons. The number of hydrogen-bond acceptors (Lipinski definition) is 4. The molecule has 2 aliphatic carbocycles. The number of hydrogen-bond donors (Lipinski definition) is 1. The minimum Gasteiger partial charge on any atom is -0.307 e. The monoisotopic (exact) mass is 336 g/mol. The molecule has 2 heterocycles. The van der Waals surface area contributed by atoms with Gasteiger partial charge in [-0.25, -0.2) is 9.97 Å². The van der Waals surface area contributed by atoms with Crippen molar-refractivity contribution >= 4 is 0 Å². The first kappa shape index (κ1) is 16.6. The highest BCUT2D eigenvalue weighted by Crippen LogP contribution is 2.47. The van der Waals surface area contributed by atoms with Gasteiger partial charge in [-0.05, 0) is 62.0 Å². The van der Waals surface area contributed by atoms with Crippen LogP contribution in [0.5, 0.6) is 0 Å². The third-order valence-electron chi connectivity index (χ3n) is 5.90. The third kappa shape index (κ3) is 3.74. The van der Waals surface area contributed by atoms with Gasteiger partial charge in [-0.3, -0.25) is 4.98 Å². The lowest BCUT2D eigenvalue weighted by Crippen LogP contribution is -2.54. The highest BCUT2D eigenvalue weighted by atomic mass is 15.0. The Bertz CT molecular complexity index is 678. The van der Waals surface area contributed by atoms with Crippen molar-refractivity contribution in [3.8, 4) is 11.5 Å². The van der Waals surface area contributed by atoms with Crippen LogP contribution in [-0.2, 0) is 6.54 Å². The smallest absolute Gasteiger partial charge is 0.178 e. The van der Waals surface area contributed by atoms with Crippen molar-refractivity contribution in [2.45, 2.75) is 58.0 Å². The van der Waals surface area contributed by atoms with E-state index in [1.807, 2.05) is 30.6 Å². The summed E-state index contributed by atoms with van der Waals surface area (Å²) in [5, 5.41) is 3.91. The van der Waals surface area contributed by atoms with Crippen LogP contribution in [0.25, 0.3) is 11.5 Å². The van der Waals surface area contributed by atoms with Gasteiger partial charge in [0, 0.05) is 36.2 Å². The van der Waals surface area contributed by atoms with Crippen molar-refractivity contribution in [3.05, 3.63) is 42.4 Å². The fourth-order valence-corrected chi connectivity index (χ4v) is 5.28. The zero-order chi connectivity index (χ0) is 17.3. The second-order valence-electron chi connectivity index (χ2n) is 8.42. The minimum atomic E-state index is 0.319. The zero-order valence-electron chi connectivity index (χ0n) is 15.3. The average Bonchev–Trinajstić information content (AvgIpc) is 2.60. The van der Waals surface area contributed by atoms with Gasteiger partial charge >= 0.3 is 0 Å². The lowest BCUT2D eigenvalue weighted by Gasteiger charge is -2.50. The van der Waals surface area contributed by atoms with E-state index < -0.39 is 0 Å². The van der Waals surface area contributed by atoms with Crippen molar-refractivity contribution in [1.29, 1.82) is 0 Å². The van der Waals surface area contributed by atoms with Crippen molar-refractivity contribution in [2.24, 2.45) is 17.8 Å². The predicted octanol–water partition coefficient (Wildman–Crippen LogP) is 4.23. The van der Waals surface area contributed by atoms with Crippen molar-refractivity contribution in [3.63, 3.8) is 0 Å². The van der Waals surface area contributed by atoms with Crippen LogP contribution in [0.1, 0.15) is 51.5 Å². The molecule has 132 valence electrons. The van der Waals surface area contributed by atoms with Crippen molar-refractivity contribution < 1.29 is 0 Å². The van der Waals surface area contributed by atoms with Gasteiger partial charge in [0.25, 0.3) is 0 Å². The number of pyridine rings is 1. The fourth-order valence-electron chi connectivity index (χ4n) is 5.28. The molecule has 2 bridgehead atoms. The van der Waals surface area contributed by atoms with E-state index in [4.69, 9.17) is 0 Å². The van der Waals surface area contributed by atoms with Crippen LogP contribution < -0.4 is 5.32 Å². The van der Waals surface area contributed by atoms with Gasteiger partial charge in [-0.15, -0.1) is 0 Å². The van der Waals surface area contributed by atoms with E-state index in [-0.39, 0.29) is 0 Å². The summed E-state index contributed by atoms with van der Waals surface area (Å²) in [5.74, 6) is 3.27. The molecule has 4 heteroatoms. The predicted molar refractivity (Wildman–Crippen MR) is 99.7 cm³/mol. The molecule has 0 aromatic carbocycles. The molecule has 0 aliphatic heterocycles. The maximum Gasteiger partial charge on any atom is 0.178 e. The lowest BCUT2D eigenvalue weighted by atomic mass is 9.61. The molecule has 2 atom stereocenters. The lowest BCUT2D eigenvalue weighted by molar-refractivity contribution is 0.0542. The first-order chi connectivity index (χ1) is 12.1. The molecular weight excluding hydrogens is 308 g/mol. The van der Waals surface area contributed by atoms with Gasteiger partial charge in [-0.2, -0.15) is 0 Å². The summed E-state index contributed by atoms with van der Waals surface area (Å²) in [7, 11) is 0. The summed E-state index contributed by atoms with van der Waals surface area (Å²) in [6.07, 6.45) is 12.4. The van der Waals surface area contributed by atoms with E-state index in [9.17, 15) is 0 Å². The minimum absolute atomic E-state index is 0.319. The SMILES string of the molecule is CC1CC2CC(C)CC(NCc3cnc(-c4ccccn4)nc3)(C1)C2. The van der Waals surface area contributed by atoms with Crippen molar-refractivity contribution in [2.75, 3.05) is 0 Å². The molecule has 2 aromatic heterocycles. The zero-order valence-corrected chi connectivity index (χ0v) is 15.3. The molecule has 2 saturated carbocycles. The average molecular weight is 336 g/mol. The highest BCUT2D eigenvalue weighted by Gasteiger charge is 2.43. The van der Waals surface area contributed by atoms with Crippen LogP contribution >= 0.6 is 0 Å². The summed E-state index contributed by atoms with van der Waals surface area (Å²) < 4.78 is 0. The van der Waals surface area contributed by atoms with Crippen LogP contribution in [0.15, 0.2) is 36.8 Å².